The van der Waals surface area contributed by atoms with E-state index in [4.69, 9.17) is 5.73 Å². The second-order valence-corrected chi connectivity index (χ2v) is 5.19. The number of hydrogen-bond donors (Lipinski definition) is 1. The predicted octanol–water partition coefficient (Wildman–Crippen LogP) is 3.12. The molecular formula is C14H16N2S. The van der Waals surface area contributed by atoms with E-state index in [-0.39, 0.29) is 6.04 Å². The first kappa shape index (κ1) is 12.1. The maximum Gasteiger partial charge on any atom is 0.101 e. The molecule has 0 saturated carbocycles. The molecule has 0 aliphatic carbocycles. The van der Waals surface area contributed by atoms with E-state index in [1.165, 1.54) is 10.5 Å². The standard InChI is InChI=1S/C14H16N2S/c1-11(15)10-12-5-7-13(8-6-12)17-14-4-2-3-9-16-14/h2-9,11H,10,15H2,1H3. The monoisotopic (exact) mass is 244 g/mol. The Morgan fingerprint density at radius 2 is 1.94 bits per heavy atom. The van der Waals surface area contributed by atoms with Crippen molar-refractivity contribution >= 4 is 11.8 Å². The van der Waals surface area contributed by atoms with E-state index in [0.717, 1.165) is 11.4 Å². The molecule has 2 aromatic rings. The lowest BCUT2D eigenvalue weighted by atomic mass is 10.1. The maximum atomic E-state index is 5.77. The summed E-state index contributed by atoms with van der Waals surface area (Å²) in [5, 5.41) is 1.02. The quantitative estimate of drug-likeness (QED) is 0.898. The Morgan fingerprint density at radius 3 is 2.53 bits per heavy atom. The van der Waals surface area contributed by atoms with Gasteiger partial charge in [-0.2, -0.15) is 0 Å². The van der Waals surface area contributed by atoms with E-state index >= 15 is 0 Å². The minimum atomic E-state index is 0.212. The van der Waals surface area contributed by atoms with Crippen LogP contribution in [-0.4, -0.2) is 11.0 Å². The number of hydrogen-bond acceptors (Lipinski definition) is 3. The highest BCUT2D eigenvalue weighted by atomic mass is 32.2. The minimum Gasteiger partial charge on any atom is -0.328 e. The van der Waals surface area contributed by atoms with Crippen molar-refractivity contribution < 1.29 is 0 Å². The number of benzene rings is 1. The van der Waals surface area contributed by atoms with Crippen LogP contribution in [0.5, 0.6) is 0 Å². The van der Waals surface area contributed by atoms with Gasteiger partial charge in [-0.15, -0.1) is 0 Å². The molecule has 1 aromatic carbocycles. The molecule has 3 heteroatoms. The highest BCUT2D eigenvalue weighted by Gasteiger charge is 2.00. The Kier molecular flexibility index (Phi) is 4.18. The summed E-state index contributed by atoms with van der Waals surface area (Å²) in [6, 6.07) is 14.7. The normalized spacial score (nSPS) is 12.4. The third-order valence-electron chi connectivity index (χ3n) is 2.34. The van der Waals surface area contributed by atoms with Gasteiger partial charge in [0, 0.05) is 17.1 Å². The summed E-state index contributed by atoms with van der Waals surface area (Å²) in [4.78, 5) is 5.49. The fourth-order valence-corrected chi connectivity index (χ4v) is 2.37. The van der Waals surface area contributed by atoms with Crippen molar-refractivity contribution in [3.8, 4) is 0 Å². The molecule has 2 rings (SSSR count). The van der Waals surface area contributed by atoms with Crippen LogP contribution in [0.1, 0.15) is 12.5 Å². The molecule has 2 nitrogen and oxygen atoms in total. The zero-order valence-corrected chi connectivity index (χ0v) is 10.7. The molecule has 88 valence electrons. The molecule has 1 heterocycles. The highest BCUT2D eigenvalue weighted by molar-refractivity contribution is 7.99. The van der Waals surface area contributed by atoms with Crippen LogP contribution in [0.4, 0.5) is 0 Å². The van der Waals surface area contributed by atoms with Gasteiger partial charge in [0.25, 0.3) is 0 Å². The first-order chi connectivity index (χ1) is 8.24. The van der Waals surface area contributed by atoms with Crippen LogP contribution in [0.3, 0.4) is 0 Å². The third-order valence-corrected chi connectivity index (χ3v) is 3.30. The van der Waals surface area contributed by atoms with Crippen molar-refractivity contribution in [3.63, 3.8) is 0 Å². The molecule has 1 atom stereocenters. The van der Waals surface area contributed by atoms with Gasteiger partial charge in [0.15, 0.2) is 0 Å². The fraction of sp³-hybridized carbons (Fsp3) is 0.214. The minimum absolute atomic E-state index is 0.212. The number of nitrogens with zero attached hydrogens (tertiary/aromatic N) is 1. The molecule has 1 aromatic heterocycles. The molecule has 0 saturated heterocycles. The summed E-state index contributed by atoms with van der Waals surface area (Å²) in [5.41, 5.74) is 7.05. The molecule has 0 aliphatic heterocycles. The second kappa shape index (κ2) is 5.84. The number of pyridine rings is 1. The lowest BCUT2D eigenvalue weighted by Crippen LogP contribution is -2.17. The SMILES string of the molecule is CC(N)Cc1ccc(Sc2ccccn2)cc1. The molecule has 1 unspecified atom stereocenters. The zero-order chi connectivity index (χ0) is 12.1. The lowest BCUT2D eigenvalue weighted by molar-refractivity contribution is 0.737. The predicted molar refractivity (Wildman–Crippen MR) is 72.2 cm³/mol. The second-order valence-electron chi connectivity index (χ2n) is 4.10. The van der Waals surface area contributed by atoms with Crippen molar-refractivity contribution in [1.82, 2.24) is 4.98 Å². The molecule has 0 spiro atoms. The van der Waals surface area contributed by atoms with Gasteiger partial charge in [-0.3, -0.25) is 0 Å². The molecule has 2 N–H and O–H groups in total. The average Bonchev–Trinajstić information content (AvgIpc) is 2.32. The topological polar surface area (TPSA) is 38.9 Å². The molecule has 0 fully saturated rings. The summed E-state index contributed by atoms with van der Waals surface area (Å²) < 4.78 is 0. The van der Waals surface area contributed by atoms with E-state index in [1.54, 1.807) is 11.8 Å². The van der Waals surface area contributed by atoms with Crippen molar-refractivity contribution in [2.24, 2.45) is 5.73 Å². The average molecular weight is 244 g/mol. The smallest absolute Gasteiger partial charge is 0.101 e. The molecule has 0 amide bonds. The summed E-state index contributed by atoms with van der Waals surface area (Å²) >= 11 is 1.67. The Hall–Kier alpha value is -1.32. The van der Waals surface area contributed by atoms with E-state index in [0.29, 0.717) is 0 Å². The largest absolute Gasteiger partial charge is 0.328 e. The van der Waals surface area contributed by atoms with Crippen molar-refractivity contribution in [2.75, 3.05) is 0 Å². The Labute approximate surface area is 106 Å². The molecular weight excluding hydrogens is 228 g/mol. The van der Waals surface area contributed by atoms with Gasteiger partial charge in [0.2, 0.25) is 0 Å². The van der Waals surface area contributed by atoms with Gasteiger partial charge in [0.05, 0.1) is 0 Å². The van der Waals surface area contributed by atoms with Crippen LogP contribution in [-0.2, 0) is 6.42 Å². The van der Waals surface area contributed by atoms with Crippen LogP contribution in [0.25, 0.3) is 0 Å². The zero-order valence-electron chi connectivity index (χ0n) is 9.84. The van der Waals surface area contributed by atoms with Crippen LogP contribution in [0, 0.1) is 0 Å². The Morgan fingerprint density at radius 1 is 1.18 bits per heavy atom. The summed E-state index contributed by atoms with van der Waals surface area (Å²) in [6.07, 6.45) is 2.74. The van der Waals surface area contributed by atoms with E-state index in [2.05, 4.69) is 29.2 Å². The highest BCUT2D eigenvalue weighted by Crippen LogP contribution is 2.25. The molecule has 0 aliphatic rings. The first-order valence-corrected chi connectivity index (χ1v) is 6.49. The first-order valence-electron chi connectivity index (χ1n) is 5.67. The van der Waals surface area contributed by atoms with Gasteiger partial charge in [-0.05, 0) is 43.2 Å². The fourth-order valence-electron chi connectivity index (χ4n) is 1.59. The number of aromatic nitrogens is 1. The maximum absolute atomic E-state index is 5.77. The van der Waals surface area contributed by atoms with E-state index in [9.17, 15) is 0 Å². The van der Waals surface area contributed by atoms with Crippen LogP contribution < -0.4 is 5.73 Å². The summed E-state index contributed by atoms with van der Waals surface area (Å²) in [5.74, 6) is 0. The van der Waals surface area contributed by atoms with Crippen LogP contribution in [0.15, 0.2) is 58.6 Å². The number of nitrogens with two attached hydrogens (primary N) is 1. The van der Waals surface area contributed by atoms with Crippen molar-refractivity contribution in [2.45, 2.75) is 29.3 Å². The van der Waals surface area contributed by atoms with Gasteiger partial charge < -0.3 is 5.73 Å². The third kappa shape index (κ3) is 3.88. The summed E-state index contributed by atoms with van der Waals surface area (Å²) in [6.45, 7) is 2.02. The van der Waals surface area contributed by atoms with E-state index in [1.807, 2.05) is 31.3 Å². The molecule has 17 heavy (non-hydrogen) atoms. The van der Waals surface area contributed by atoms with Gasteiger partial charge in [-0.1, -0.05) is 30.0 Å². The van der Waals surface area contributed by atoms with Crippen LogP contribution in [0.2, 0.25) is 0 Å². The van der Waals surface area contributed by atoms with Crippen LogP contribution >= 0.6 is 11.8 Å². The molecule has 0 radical (unpaired) electrons. The van der Waals surface area contributed by atoms with Gasteiger partial charge >= 0.3 is 0 Å². The summed E-state index contributed by atoms with van der Waals surface area (Å²) in [7, 11) is 0. The van der Waals surface area contributed by atoms with Gasteiger partial charge in [0.1, 0.15) is 5.03 Å². The Bertz CT molecular complexity index is 451. The molecule has 0 bridgehead atoms. The van der Waals surface area contributed by atoms with Crippen molar-refractivity contribution in [1.29, 1.82) is 0 Å². The lowest BCUT2D eigenvalue weighted by Gasteiger charge is -2.06. The number of rotatable bonds is 4. The Balaban J connectivity index is 2.03. The van der Waals surface area contributed by atoms with Gasteiger partial charge in [-0.25, -0.2) is 4.98 Å². The van der Waals surface area contributed by atoms with E-state index < -0.39 is 0 Å². The van der Waals surface area contributed by atoms with Crippen molar-refractivity contribution in [3.05, 3.63) is 54.2 Å².